The molecular weight excluding hydrogens is 472 g/mol. The van der Waals surface area contributed by atoms with Crippen molar-refractivity contribution < 1.29 is 9.59 Å². The van der Waals surface area contributed by atoms with Crippen LogP contribution >= 0.6 is 35.6 Å². The second-order valence-corrected chi connectivity index (χ2v) is 10.5. The molecule has 0 bridgehead atoms. The van der Waals surface area contributed by atoms with E-state index in [0.717, 1.165) is 42.5 Å². The second kappa shape index (κ2) is 10.4. The molecule has 1 fully saturated rings. The summed E-state index contributed by atoms with van der Waals surface area (Å²) in [7, 11) is 0. The lowest BCUT2D eigenvalue weighted by atomic mass is 9.98. The Morgan fingerprint density at radius 3 is 2.42 bits per heavy atom. The van der Waals surface area contributed by atoms with Gasteiger partial charge in [0.05, 0.1) is 22.7 Å². The average molecular weight is 499 g/mol. The van der Waals surface area contributed by atoms with Crippen LogP contribution in [0.5, 0.6) is 0 Å². The van der Waals surface area contributed by atoms with Gasteiger partial charge in [-0.1, -0.05) is 99.0 Å². The van der Waals surface area contributed by atoms with Crippen molar-refractivity contribution >= 4 is 63.0 Å². The maximum absolute atomic E-state index is 13.6. The second-order valence-electron chi connectivity index (χ2n) is 8.44. The molecule has 0 saturated carbocycles. The third kappa shape index (κ3) is 4.88. The van der Waals surface area contributed by atoms with Crippen LogP contribution in [0.3, 0.4) is 0 Å². The number of amides is 2. The molecule has 0 N–H and O–H groups in total. The van der Waals surface area contributed by atoms with Crippen molar-refractivity contribution in [2.75, 3.05) is 11.4 Å². The van der Waals surface area contributed by atoms with Gasteiger partial charge in [0, 0.05) is 17.1 Å². The molecule has 2 amide bonds. The fourth-order valence-electron chi connectivity index (χ4n) is 4.31. The number of halogens is 1. The Labute approximate surface area is 210 Å². The highest BCUT2D eigenvalue weighted by Crippen LogP contribution is 2.45. The molecule has 4 nitrogen and oxygen atoms in total. The van der Waals surface area contributed by atoms with Gasteiger partial charge in [0.15, 0.2) is 0 Å². The molecule has 1 atom stereocenters. The van der Waals surface area contributed by atoms with Crippen LogP contribution in [0.25, 0.3) is 5.57 Å². The third-order valence-corrected chi connectivity index (χ3v) is 7.94. The van der Waals surface area contributed by atoms with Crippen LogP contribution < -0.4 is 4.90 Å². The fraction of sp³-hybridized carbons (Fsp3) is 0.346. The number of thiocarbonyl (C=S) groups is 1. The van der Waals surface area contributed by atoms with Crippen molar-refractivity contribution in [2.45, 2.75) is 46.1 Å². The molecule has 0 aliphatic carbocycles. The number of para-hydroxylation sites is 1. The van der Waals surface area contributed by atoms with E-state index in [1.807, 2.05) is 48.5 Å². The number of unbranched alkanes of at least 4 members (excludes halogenated alkanes) is 1. The molecule has 0 aromatic heterocycles. The highest BCUT2D eigenvalue weighted by molar-refractivity contribution is 8.26. The summed E-state index contributed by atoms with van der Waals surface area (Å²) in [6, 6.07) is 15.1. The molecule has 1 unspecified atom stereocenters. The van der Waals surface area contributed by atoms with Crippen LogP contribution in [0.2, 0.25) is 5.02 Å². The monoisotopic (exact) mass is 498 g/mol. The van der Waals surface area contributed by atoms with Gasteiger partial charge in [0.25, 0.3) is 11.8 Å². The lowest BCUT2D eigenvalue weighted by Crippen LogP contribution is -2.33. The van der Waals surface area contributed by atoms with Crippen molar-refractivity contribution in [1.82, 2.24) is 4.90 Å². The number of carbonyl (C=O) groups excluding carboxylic acids is 2. The Morgan fingerprint density at radius 2 is 1.73 bits per heavy atom. The van der Waals surface area contributed by atoms with E-state index in [-0.39, 0.29) is 11.8 Å². The SMILES string of the molecule is CCCCC(CC)CN1C(=O)C(=C2C(=O)N(Cc3ccc(Cl)cc3)c3ccccc32)SC1=S. The molecule has 2 heterocycles. The van der Waals surface area contributed by atoms with Crippen molar-refractivity contribution in [1.29, 1.82) is 0 Å². The predicted octanol–water partition coefficient (Wildman–Crippen LogP) is 6.67. The first-order valence-electron chi connectivity index (χ1n) is 11.4. The number of carbonyl (C=O) groups is 2. The van der Waals surface area contributed by atoms with Gasteiger partial charge in [-0.15, -0.1) is 0 Å². The molecule has 0 spiro atoms. The Bertz CT molecular complexity index is 1110. The normalized spacial score (nSPS) is 18.9. The molecule has 4 rings (SSSR count). The summed E-state index contributed by atoms with van der Waals surface area (Å²) >= 11 is 12.9. The maximum atomic E-state index is 13.6. The smallest absolute Gasteiger partial charge is 0.267 e. The summed E-state index contributed by atoms with van der Waals surface area (Å²) in [4.78, 5) is 31.0. The summed E-state index contributed by atoms with van der Waals surface area (Å²) in [6.07, 6.45) is 4.35. The number of hydrogen-bond acceptors (Lipinski definition) is 4. The van der Waals surface area contributed by atoms with Gasteiger partial charge in [-0.05, 0) is 36.1 Å². The van der Waals surface area contributed by atoms with Gasteiger partial charge < -0.3 is 4.90 Å². The largest absolute Gasteiger partial charge is 0.303 e. The quantitative estimate of drug-likeness (QED) is 0.301. The summed E-state index contributed by atoms with van der Waals surface area (Å²) in [6.45, 7) is 5.35. The van der Waals surface area contributed by atoms with E-state index in [0.29, 0.717) is 38.8 Å². The number of nitrogens with zero attached hydrogens (tertiary/aromatic N) is 2. The minimum atomic E-state index is -0.162. The van der Waals surface area contributed by atoms with Crippen LogP contribution in [0.4, 0.5) is 5.69 Å². The molecule has 172 valence electrons. The molecular formula is C26H27ClN2O2S2. The first-order valence-corrected chi connectivity index (χ1v) is 13.0. The number of fused-ring (bicyclic) bond motifs is 1. The van der Waals surface area contributed by atoms with E-state index in [4.69, 9.17) is 23.8 Å². The highest BCUT2D eigenvalue weighted by atomic mass is 35.5. The molecule has 2 aromatic rings. The Morgan fingerprint density at radius 1 is 1.00 bits per heavy atom. The van der Waals surface area contributed by atoms with Crippen molar-refractivity contribution in [3.05, 3.63) is 69.6 Å². The standard InChI is InChI=1S/C26H27ClN2O2S2/c1-3-5-8-17(4-2)15-29-25(31)23(33-26(29)32)22-20-9-6-7-10-21(20)28(24(22)30)16-18-11-13-19(27)14-12-18/h6-7,9-14,17H,3-5,8,15-16H2,1-2H3. The fourth-order valence-corrected chi connectivity index (χ4v) is 5.78. The summed E-state index contributed by atoms with van der Waals surface area (Å²) < 4.78 is 0.541. The lowest BCUT2D eigenvalue weighted by molar-refractivity contribution is -0.123. The summed E-state index contributed by atoms with van der Waals surface area (Å²) in [5, 5.41) is 0.653. The first-order chi connectivity index (χ1) is 15.9. The predicted molar refractivity (Wildman–Crippen MR) is 141 cm³/mol. The van der Waals surface area contributed by atoms with Gasteiger partial charge in [-0.2, -0.15) is 0 Å². The Balaban J connectivity index is 1.65. The zero-order chi connectivity index (χ0) is 23.5. The van der Waals surface area contributed by atoms with E-state index >= 15 is 0 Å². The lowest BCUT2D eigenvalue weighted by Gasteiger charge is -2.21. The van der Waals surface area contributed by atoms with E-state index in [2.05, 4.69) is 13.8 Å². The van der Waals surface area contributed by atoms with Gasteiger partial charge >= 0.3 is 0 Å². The minimum absolute atomic E-state index is 0.147. The van der Waals surface area contributed by atoms with E-state index in [9.17, 15) is 9.59 Å². The van der Waals surface area contributed by atoms with Crippen LogP contribution in [0, 0.1) is 5.92 Å². The average Bonchev–Trinajstić information content (AvgIpc) is 3.25. The number of benzene rings is 2. The van der Waals surface area contributed by atoms with Crippen LogP contribution in [0.1, 0.15) is 50.7 Å². The molecule has 2 aliphatic rings. The topological polar surface area (TPSA) is 40.6 Å². The minimum Gasteiger partial charge on any atom is -0.303 e. The van der Waals surface area contributed by atoms with E-state index in [1.54, 1.807) is 9.80 Å². The van der Waals surface area contributed by atoms with Gasteiger partial charge in [-0.3, -0.25) is 14.5 Å². The van der Waals surface area contributed by atoms with Crippen LogP contribution in [-0.4, -0.2) is 27.6 Å². The van der Waals surface area contributed by atoms with Crippen LogP contribution in [0.15, 0.2) is 53.4 Å². The zero-order valence-electron chi connectivity index (χ0n) is 18.8. The number of thioether (sulfide) groups is 1. The molecule has 7 heteroatoms. The zero-order valence-corrected chi connectivity index (χ0v) is 21.2. The number of hydrogen-bond donors (Lipinski definition) is 0. The van der Waals surface area contributed by atoms with Gasteiger partial charge in [-0.25, -0.2) is 0 Å². The number of anilines is 1. The molecule has 2 aliphatic heterocycles. The number of rotatable bonds is 8. The Hall–Kier alpha value is -2.15. The third-order valence-electron chi connectivity index (χ3n) is 6.24. The van der Waals surface area contributed by atoms with E-state index in [1.165, 1.54) is 11.8 Å². The van der Waals surface area contributed by atoms with Crippen LogP contribution in [-0.2, 0) is 16.1 Å². The van der Waals surface area contributed by atoms with Crippen molar-refractivity contribution in [2.24, 2.45) is 5.92 Å². The first kappa shape index (κ1) is 24.0. The molecule has 0 radical (unpaired) electrons. The molecule has 2 aromatic carbocycles. The van der Waals surface area contributed by atoms with E-state index < -0.39 is 0 Å². The molecule has 33 heavy (non-hydrogen) atoms. The summed E-state index contributed by atoms with van der Waals surface area (Å²) in [5.41, 5.74) is 3.03. The van der Waals surface area contributed by atoms with Crippen molar-refractivity contribution in [3.8, 4) is 0 Å². The van der Waals surface area contributed by atoms with Gasteiger partial charge in [0.2, 0.25) is 0 Å². The maximum Gasteiger partial charge on any atom is 0.267 e. The van der Waals surface area contributed by atoms with Crippen molar-refractivity contribution in [3.63, 3.8) is 0 Å². The molecule has 1 saturated heterocycles. The highest BCUT2D eigenvalue weighted by Gasteiger charge is 2.42. The van der Waals surface area contributed by atoms with Gasteiger partial charge in [0.1, 0.15) is 4.32 Å². The Kier molecular flexibility index (Phi) is 7.57. The summed E-state index contributed by atoms with van der Waals surface area (Å²) in [5.74, 6) is 0.0980.